The van der Waals surface area contributed by atoms with Crippen LogP contribution < -0.4 is 15.5 Å². The quantitative estimate of drug-likeness (QED) is 0.118. The number of amides is 2. The molecule has 0 aliphatic carbocycles. The molecule has 58 heavy (non-hydrogen) atoms. The highest BCUT2D eigenvalue weighted by Crippen LogP contribution is 2.65. The summed E-state index contributed by atoms with van der Waals surface area (Å²) in [4.78, 5) is 49.9. The number of ether oxygens (including phenoxy) is 2. The van der Waals surface area contributed by atoms with Crippen LogP contribution in [-0.2, 0) is 29.3 Å². The molecule has 5 aromatic carbocycles. The fraction of sp³-hybridized carbons (Fsp3) is 0.255. The van der Waals surface area contributed by atoms with E-state index in [-0.39, 0.29) is 18.8 Å². The van der Waals surface area contributed by atoms with Crippen LogP contribution in [-0.4, -0.2) is 71.8 Å². The van der Waals surface area contributed by atoms with Gasteiger partial charge in [-0.2, -0.15) is 0 Å². The number of carbonyl (C=O) groups excluding carboxylic acids is 3. The number of hydrogen-bond acceptors (Lipinski definition) is 9. The predicted octanol–water partition coefficient (Wildman–Crippen LogP) is 5.87. The van der Waals surface area contributed by atoms with E-state index in [9.17, 15) is 15.0 Å². The van der Waals surface area contributed by atoms with Gasteiger partial charge < -0.3 is 35.2 Å². The molecule has 6 atom stereocenters. The lowest BCUT2D eigenvalue weighted by Crippen LogP contribution is -2.53. The number of aliphatic hydroxyl groups is 1. The normalized spacial score (nSPS) is 24.9. The first-order valence-corrected chi connectivity index (χ1v) is 19.5. The fourth-order valence-electron chi connectivity index (χ4n) is 9.35. The number of morpholine rings is 2. The number of nitrogens with one attached hydrogen (secondary N) is 2. The van der Waals surface area contributed by atoms with Gasteiger partial charge in [0.2, 0.25) is 11.8 Å². The first-order chi connectivity index (χ1) is 28.4. The lowest BCUT2D eigenvalue weighted by Gasteiger charge is -2.46. The number of hydrogen-bond donors (Lipinski definition) is 4. The van der Waals surface area contributed by atoms with E-state index in [4.69, 9.17) is 9.47 Å². The van der Waals surface area contributed by atoms with E-state index in [0.29, 0.717) is 41.3 Å². The number of anilines is 3. The van der Waals surface area contributed by atoms with E-state index in [0.717, 1.165) is 29.9 Å². The molecule has 4 N–H and O–H groups in total. The van der Waals surface area contributed by atoms with Gasteiger partial charge in [-0.1, -0.05) is 84.6 Å². The molecular weight excluding hydrogens is 733 g/mol. The van der Waals surface area contributed by atoms with Gasteiger partial charge in [-0.15, -0.1) is 0 Å². The van der Waals surface area contributed by atoms with Crippen LogP contribution >= 0.6 is 0 Å². The Morgan fingerprint density at radius 3 is 2.21 bits per heavy atom. The van der Waals surface area contributed by atoms with Crippen molar-refractivity contribution in [3.63, 3.8) is 0 Å². The predicted molar refractivity (Wildman–Crippen MR) is 218 cm³/mol. The largest absolute Gasteiger partial charge is 0.508 e. The smallest absolute Gasteiger partial charge is 0.324 e. The zero-order chi connectivity index (χ0) is 39.8. The number of fused-ring (bicyclic) bond motifs is 3. The van der Waals surface area contributed by atoms with E-state index >= 15 is 9.59 Å². The maximum atomic E-state index is 15.4. The standard InChI is InChI=1S/C47H42N4O7/c52-26-8-7-9-30-14-23-38-37(29-30)47(46(56)49-38)39(44(54)48-34-17-19-35(20-18-34)50-24-27-57-28-25-50)41-45(55)58-42(32-12-5-2-6-13-32)40(31-10-3-1-4-11-31)51(41)43(47)33-15-21-36(53)22-16-33/h1-6,10-23,29,39-43,52-53H,8,24-28H2,(H,48,54)(H,49,56)/t39-,40-,41-,42+,43+,47-/m0/s1. The van der Waals surface area contributed by atoms with Crippen LogP contribution in [0.25, 0.3) is 0 Å². The van der Waals surface area contributed by atoms with E-state index in [1.807, 2.05) is 95.9 Å². The Bertz CT molecular complexity index is 2390. The zero-order valence-corrected chi connectivity index (χ0v) is 31.6. The van der Waals surface area contributed by atoms with Gasteiger partial charge in [0.05, 0.1) is 37.8 Å². The number of phenolic OH excluding ortho intramolecular Hbond substituents is 1. The molecule has 4 heterocycles. The molecule has 11 nitrogen and oxygen atoms in total. The number of rotatable bonds is 7. The van der Waals surface area contributed by atoms with Crippen LogP contribution in [0.4, 0.5) is 17.1 Å². The van der Waals surface area contributed by atoms with Gasteiger partial charge in [-0.05, 0) is 76.9 Å². The summed E-state index contributed by atoms with van der Waals surface area (Å²) in [5.74, 6) is 3.18. The molecule has 4 aliphatic heterocycles. The summed E-state index contributed by atoms with van der Waals surface area (Å²) in [5, 5.41) is 26.2. The first-order valence-electron chi connectivity index (χ1n) is 19.5. The molecule has 0 aromatic heterocycles. The molecule has 0 bridgehead atoms. The van der Waals surface area contributed by atoms with Gasteiger partial charge in [0.15, 0.2) is 0 Å². The molecule has 3 fully saturated rings. The van der Waals surface area contributed by atoms with Crippen molar-refractivity contribution in [2.24, 2.45) is 5.92 Å². The first kappa shape index (κ1) is 37.1. The molecule has 11 heteroatoms. The maximum absolute atomic E-state index is 15.4. The van der Waals surface area contributed by atoms with E-state index in [1.165, 1.54) is 0 Å². The molecule has 9 rings (SSSR count). The van der Waals surface area contributed by atoms with Gasteiger partial charge in [-0.25, -0.2) is 0 Å². The third kappa shape index (κ3) is 6.36. The summed E-state index contributed by atoms with van der Waals surface area (Å²) >= 11 is 0. The average Bonchev–Trinajstić information content (AvgIpc) is 3.74. The Hall–Kier alpha value is -6.45. The highest BCUT2D eigenvalue weighted by atomic mass is 16.6. The number of benzene rings is 5. The van der Waals surface area contributed by atoms with E-state index in [2.05, 4.69) is 27.4 Å². The van der Waals surface area contributed by atoms with Crippen molar-refractivity contribution in [2.45, 2.75) is 36.1 Å². The number of carbonyl (C=O) groups is 3. The Labute approximate surface area is 336 Å². The minimum Gasteiger partial charge on any atom is -0.508 e. The van der Waals surface area contributed by atoms with Crippen molar-refractivity contribution in [3.8, 4) is 17.6 Å². The van der Waals surface area contributed by atoms with E-state index in [1.54, 1.807) is 36.4 Å². The lowest BCUT2D eigenvalue weighted by atomic mass is 9.65. The zero-order valence-electron chi connectivity index (χ0n) is 31.6. The van der Waals surface area contributed by atoms with Gasteiger partial charge in [0.1, 0.15) is 23.3 Å². The van der Waals surface area contributed by atoms with Crippen molar-refractivity contribution in [3.05, 3.63) is 155 Å². The van der Waals surface area contributed by atoms with E-state index < -0.39 is 53.3 Å². The Balaban J connectivity index is 1.27. The molecule has 1 spiro atoms. The molecule has 5 aromatic rings. The van der Waals surface area contributed by atoms with Crippen LogP contribution in [0.2, 0.25) is 0 Å². The summed E-state index contributed by atoms with van der Waals surface area (Å²) in [6.07, 6.45) is -0.551. The highest BCUT2D eigenvalue weighted by Gasteiger charge is 2.74. The minimum absolute atomic E-state index is 0.0275. The second-order valence-corrected chi connectivity index (χ2v) is 15.0. The maximum Gasteiger partial charge on any atom is 0.324 e. The van der Waals surface area contributed by atoms with Crippen molar-refractivity contribution in [2.75, 3.05) is 48.4 Å². The third-order valence-corrected chi connectivity index (χ3v) is 11.8. The van der Waals surface area contributed by atoms with Crippen LogP contribution in [0.15, 0.2) is 127 Å². The van der Waals surface area contributed by atoms with Crippen LogP contribution in [0, 0.1) is 17.8 Å². The van der Waals surface area contributed by atoms with Crippen LogP contribution in [0.1, 0.15) is 52.4 Å². The van der Waals surface area contributed by atoms with Crippen molar-refractivity contribution in [1.29, 1.82) is 0 Å². The third-order valence-electron chi connectivity index (χ3n) is 11.8. The number of nitrogens with zero attached hydrogens (tertiary/aromatic N) is 2. The van der Waals surface area contributed by atoms with Crippen LogP contribution in [0.3, 0.4) is 0 Å². The minimum atomic E-state index is -1.71. The van der Waals surface area contributed by atoms with Gasteiger partial charge in [0.25, 0.3) is 0 Å². The molecule has 0 saturated carbocycles. The average molecular weight is 775 g/mol. The fourth-order valence-corrected chi connectivity index (χ4v) is 9.35. The Kier molecular flexibility index (Phi) is 9.91. The SMILES string of the molecule is O=C1O[C@H](c2ccccc2)[C@H](c2ccccc2)N2[C@H]1[C@@H](C(=O)Nc1ccc(N3CCOCC3)cc1)[C@]1(C(=O)Nc3ccc(C#CCCO)cc31)[C@H]2c1ccc(O)cc1. The summed E-state index contributed by atoms with van der Waals surface area (Å²) in [7, 11) is 0. The molecule has 2 amide bonds. The Morgan fingerprint density at radius 2 is 1.52 bits per heavy atom. The van der Waals surface area contributed by atoms with Gasteiger partial charge >= 0.3 is 5.97 Å². The van der Waals surface area contributed by atoms with Gasteiger partial charge in [-0.3, -0.25) is 19.3 Å². The molecule has 0 unspecified atom stereocenters. The molecule has 3 saturated heterocycles. The summed E-state index contributed by atoms with van der Waals surface area (Å²) in [5.41, 5.74) is 3.59. The van der Waals surface area contributed by atoms with Gasteiger partial charge in [0, 0.05) is 42.1 Å². The lowest BCUT2D eigenvalue weighted by molar-refractivity contribution is -0.177. The second-order valence-electron chi connectivity index (χ2n) is 15.0. The number of aromatic hydroxyl groups is 1. The number of aliphatic hydroxyl groups excluding tert-OH is 1. The molecule has 0 radical (unpaired) electrons. The number of phenols is 1. The van der Waals surface area contributed by atoms with Crippen LogP contribution in [0.5, 0.6) is 5.75 Å². The molecule has 4 aliphatic rings. The highest BCUT2D eigenvalue weighted by molar-refractivity contribution is 6.13. The molecule has 292 valence electrons. The summed E-state index contributed by atoms with van der Waals surface area (Å²) < 4.78 is 12.0. The summed E-state index contributed by atoms with van der Waals surface area (Å²) in [6, 6.07) is 35.9. The number of esters is 1. The molecular formula is C47H42N4O7. The van der Waals surface area contributed by atoms with Crippen molar-refractivity contribution >= 4 is 34.8 Å². The van der Waals surface area contributed by atoms with Crippen molar-refractivity contribution < 1.29 is 34.1 Å². The monoisotopic (exact) mass is 774 g/mol. The number of cyclic esters (lactones) is 1. The van der Waals surface area contributed by atoms with Crippen molar-refractivity contribution in [1.82, 2.24) is 4.90 Å². The Morgan fingerprint density at radius 1 is 0.828 bits per heavy atom. The summed E-state index contributed by atoms with van der Waals surface area (Å²) in [6.45, 7) is 2.66. The second kappa shape index (κ2) is 15.5. The topological polar surface area (TPSA) is 141 Å².